The van der Waals surface area contributed by atoms with Crippen LogP contribution in [0.15, 0.2) is 29.3 Å². The minimum atomic E-state index is -1.70. The Hall–Kier alpha value is -1.91. The number of hydrogen-bond donors (Lipinski definition) is 5. The molecule has 0 aromatic heterocycles. The highest BCUT2D eigenvalue weighted by atomic mass is 16.6. The van der Waals surface area contributed by atoms with Crippen molar-refractivity contribution in [3.8, 4) is 0 Å². The Kier molecular flexibility index (Phi) is 7.02. The summed E-state index contributed by atoms with van der Waals surface area (Å²) in [7, 11) is 0. The Labute approximate surface area is 126 Å². The van der Waals surface area contributed by atoms with Crippen molar-refractivity contribution in [3.05, 3.63) is 39.9 Å². The molecular weight excluding hydrogens is 296 g/mol. The summed E-state index contributed by atoms with van der Waals surface area (Å²) >= 11 is 0. The summed E-state index contributed by atoms with van der Waals surface area (Å²) in [5.74, 6) is 0. The quantitative estimate of drug-likeness (QED) is 0.221. The SMILES string of the molecule is O=[N+]([O-])c1ccc(C=NC[C@H](O)[C@@H](O)[C@H](O)[C@H](O)CO)cc1. The Bertz CT molecular complexity index is 506. The first-order chi connectivity index (χ1) is 10.4. The summed E-state index contributed by atoms with van der Waals surface area (Å²) in [5.41, 5.74) is 0.497. The van der Waals surface area contributed by atoms with Crippen LogP contribution in [0, 0.1) is 10.1 Å². The van der Waals surface area contributed by atoms with Crippen LogP contribution in [0.25, 0.3) is 0 Å². The Morgan fingerprint density at radius 1 is 1.09 bits per heavy atom. The molecule has 22 heavy (non-hydrogen) atoms. The number of nitrogens with zero attached hydrogens (tertiary/aromatic N) is 2. The topological polar surface area (TPSA) is 157 Å². The molecule has 9 nitrogen and oxygen atoms in total. The summed E-state index contributed by atoms with van der Waals surface area (Å²) < 4.78 is 0. The van der Waals surface area contributed by atoms with Crippen LogP contribution in [-0.4, -0.2) is 74.2 Å². The summed E-state index contributed by atoms with van der Waals surface area (Å²) in [6, 6.07) is 5.53. The van der Waals surface area contributed by atoms with Crippen LogP contribution in [0.1, 0.15) is 5.56 Å². The van der Waals surface area contributed by atoms with Gasteiger partial charge in [0.25, 0.3) is 5.69 Å². The van der Waals surface area contributed by atoms with E-state index in [4.69, 9.17) is 10.2 Å². The molecule has 9 heteroatoms. The van der Waals surface area contributed by atoms with Crippen LogP contribution in [0.3, 0.4) is 0 Å². The van der Waals surface area contributed by atoms with Gasteiger partial charge in [-0.3, -0.25) is 15.1 Å². The molecule has 0 heterocycles. The summed E-state index contributed by atoms with van der Waals surface area (Å²) in [5, 5.41) is 56.9. The fourth-order valence-electron chi connectivity index (χ4n) is 1.62. The van der Waals surface area contributed by atoms with Gasteiger partial charge in [-0.05, 0) is 17.7 Å². The fourth-order valence-corrected chi connectivity index (χ4v) is 1.62. The molecule has 5 N–H and O–H groups in total. The first kappa shape index (κ1) is 18.1. The first-order valence-electron chi connectivity index (χ1n) is 6.44. The molecule has 0 aliphatic heterocycles. The van der Waals surface area contributed by atoms with E-state index in [1.165, 1.54) is 30.5 Å². The van der Waals surface area contributed by atoms with Crippen molar-refractivity contribution in [2.24, 2.45) is 4.99 Å². The van der Waals surface area contributed by atoms with Crippen molar-refractivity contribution in [1.29, 1.82) is 0 Å². The number of aliphatic imine (C=N–C) groups is 1. The molecule has 0 unspecified atom stereocenters. The van der Waals surface area contributed by atoms with Crippen LogP contribution in [0.4, 0.5) is 5.69 Å². The molecular formula is C13H18N2O7. The second kappa shape index (κ2) is 8.51. The van der Waals surface area contributed by atoms with Gasteiger partial charge in [-0.1, -0.05) is 0 Å². The minimum absolute atomic E-state index is 0.0614. The van der Waals surface area contributed by atoms with Crippen LogP contribution >= 0.6 is 0 Å². The summed E-state index contributed by atoms with van der Waals surface area (Å²) in [6.45, 7) is -1.01. The van der Waals surface area contributed by atoms with Gasteiger partial charge >= 0.3 is 0 Å². The molecule has 0 amide bonds. The predicted octanol–water partition coefficient (Wildman–Crippen LogP) is -1.55. The first-order valence-corrected chi connectivity index (χ1v) is 6.44. The zero-order chi connectivity index (χ0) is 16.7. The van der Waals surface area contributed by atoms with Crippen molar-refractivity contribution >= 4 is 11.9 Å². The predicted molar refractivity (Wildman–Crippen MR) is 76.7 cm³/mol. The van der Waals surface area contributed by atoms with E-state index in [0.29, 0.717) is 5.56 Å². The van der Waals surface area contributed by atoms with Crippen molar-refractivity contribution in [3.63, 3.8) is 0 Å². The van der Waals surface area contributed by atoms with E-state index < -0.39 is 35.9 Å². The maximum absolute atomic E-state index is 10.5. The molecule has 0 aliphatic carbocycles. The average Bonchev–Trinajstić information content (AvgIpc) is 2.52. The van der Waals surface area contributed by atoms with Crippen LogP contribution in [0.2, 0.25) is 0 Å². The van der Waals surface area contributed by atoms with Gasteiger partial charge in [0.2, 0.25) is 0 Å². The van der Waals surface area contributed by atoms with Gasteiger partial charge in [0, 0.05) is 18.3 Å². The molecule has 4 atom stereocenters. The van der Waals surface area contributed by atoms with Gasteiger partial charge in [-0.15, -0.1) is 0 Å². The third-order valence-corrected chi connectivity index (χ3v) is 2.96. The smallest absolute Gasteiger partial charge is 0.269 e. The number of aliphatic hydroxyl groups is 5. The lowest BCUT2D eigenvalue weighted by Crippen LogP contribution is -2.46. The molecule has 0 spiro atoms. The second-order valence-corrected chi connectivity index (χ2v) is 4.64. The molecule has 0 fully saturated rings. The number of nitro groups is 1. The molecule has 0 saturated carbocycles. The van der Waals surface area contributed by atoms with E-state index in [-0.39, 0.29) is 12.2 Å². The number of rotatable bonds is 8. The standard InChI is InChI=1S/C13H18N2O7/c16-7-11(18)13(20)12(19)10(17)6-14-5-8-1-3-9(4-2-8)15(21)22/h1-5,10-13,16-20H,6-7H2/t10-,11+,12+,13+/m0/s1. The normalized spacial score (nSPS) is 17.1. The Balaban J connectivity index is 2.55. The van der Waals surface area contributed by atoms with Crippen LogP contribution in [-0.2, 0) is 0 Å². The molecule has 0 saturated heterocycles. The van der Waals surface area contributed by atoms with Crippen molar-refractivity contribution in [2.45, 2.75) is 24.4 Å². The zero-order valence-electron chi connectivity index (χ0n) is 11.6. The highest BCUT2D eigenvalue weighted by Gasteiger charge is 2.29. The molecule has 1 rings (SSSR count). The van der Waals surface area contributed by atoms with Gasteiger partial charge in [0.1, 0.15) is 24.4 Å². The van der Waals surface area contributed by atoms with Crippen molar-refractivity contribution in [2.75, 3.05) is 13.2 Å². The average molecular weight is 314 g/mol. The van der Waals surface area contributed by atoms with Crippen LogP contribution < -0.4 is 0 Å². The lowest BCUT2D eigenvalue weighted by Gasteiger charge is -2.24. The number of hydrogen-bond acceptors (Lipinski definition) is 8. The van der Waals surface area contributed by atoms with Gasteiger partial charge in [-0.25, -0.2) is 0 Å². The molecule has 122 valence electrons. The molecule has 0 aliphatic rings. The van der Waals surface area contributed by atoms with Gasteiger partial charge in [0.15, 0.2) is 0 Å². The number of aliphatic hydroxyl groups excluding tert-OH is 5. The van der Waals surface area contributed by atoms with E-state index in [1.807, 2.05) is 0 Å². The van der Waals surface area contributed by atoms with Gasteiger partial charge in [0.05, 0.1) is 18.1 Å². The van der Waals surface area contributed by atoms with Crippen molar-refractivity contribution < 1.29 is 30.5 Å². The zero-order valence-corrected chi connectivity index (χ0v) is 11.6. The largest absolute Gasteiger partial charge is 0.394 e. The van der Waals surface area contributed by atoms with Gasteiger partial charge < -0.3 is 25.5 Å². The highest BCUT2D eigenvalue weighted by Crippen LogP contribution is 2.11. The third-order valence-electron chi connectivity index (χ3n) is 2.96. The lowest BCUT2D eigenvalue weighted by molar-refractivity contribution is -0.384. The van der Waals surface area contributed by atoms with E-state index in [2.05, 4.69) is 4.99 Å². The monoisotopic (exact) mass is 314 g/mol. The third kappa shape index (κ3) is 5.13. The molecule has 0 radical (unpaired) electrons. The molecule has 1 aromatic rings. The highest BCUT2D eigenvalue weighted by molar-refractivity contribution is 5.79. The second-order valence-electron chi connectivity index (χ2n) is 4.64. The number of non-ortho nitro benzene ring substituents is 1. The molecule has 0 bridgehead atoms. The van der Waals surface area contributed by atoms with E-state index in [9.17, 15) is 25.4 Å². The minimum Gasteiger partial charge on any atom is -0.394 e. The molecule has 1 aromatic carbocycles. The Morgan fingerprint density at radius 3 is 2.14 bits per heavy atom. The van der Waals surface area contributed by atoms with E-state index in [1.54, 1.807) is 0 Å². The fraction of sp³-hybridized carbons (Fsp3) is 0.462. The van der Waals surface area contributed by atoms with Gasteiger partial charge in [-0.2, -0.15) is 0 Å². The maximum atomic E-state index is 10.5. The summed E-state index contributed by atoms with van der Waals surface area (Å²) in [4.78, 5) is 13.8. The van der Waals surface area contributed by atoms with Crippen LogP contribution in [0.5, 0.6) is 0 Å². The van der Waals surface area contributed by atoms with E-state index >= 15 is 0 Å². The van der Waals surface area contributed by atoms with Crippen molar-refractivity contribution in [1.82, 2.24) is 0 Å². The summed E-state index contributed by atoms with van der Waals surface area (Å²) in [6.07, 6.45) is -5.03. The Morgan fingerprint density at radius 2 is 1.64 bits per heavy atom. The lowest BCUT2D eigenvalue weighted by atomic mass is 10.0. The number of nitro benzene ring substituents is 1. The number of benzene rings is 1. The van der Waals surface area contributed by atoms with E-state index in [0.717, 1.165) is 0 Å². The maximum Gasteiger partial charge on any atom is 0.269 e.